The van der Waals surface area contributed by atoms with Gasteiger partial charge in [-0.2, -0.15) is 0 Å². The van der Waals surface area contributed by atoms with Gasteiger partial charge in [-0.1, -0.05) is 13.3 Å². The van der Waals surface area contributed by atoms with E-state index in [1.54, 1.807) is 0 Å². The van der Waals surface area contributed by atoms with Gasteiger partial charge in [-0.3, -0.25) is 9.69 Å². The third kappa shape index (κ3) is 4.94. The van der Waals surface area contributed by atoms with Crippen molar-refractivity contribution in [3.63, 3.8) is 0 Å². The zero-order chi connectivity index (χ0) is 13.5. The molecule has 1 aliphatic heterocycles. The van der Waals surface area contributed by atoms with Crippen molar-refractivity contribution >= 4 is 5.91 Å². The summed E-state index contributed by atoms with van der Waals surface area (Å²) in [6.07, 6.45) is 4.64. The molecule has 0 radical (unpaired) electrons. The molecule has 3 atom stereocenters. The van der Waals surface area contributed by atoms with Gasteiger partial charge in [0.05, 0.1) is 6.04 Å². The first-order chi connectivity index (χ1) is 8.54. The lowest BCUT2D eigenvalue weighted by Crippen LogP contribution is -2.49. The normalized spacial score (nSPS) is 23.1. The van der Waals surface area contributed by atoms with Gasteiger partial charge in [0.15, 0.2) is 0 Å². The van der Waals surface area contributed by atoms with Crippen molar-refractivity contribution in [1.29, 1.82) is 0 Å². The van der Waals surface area contributed by atoms with Gasteiger partial charge < -0.3 is 10.6 Å². The fourth-order valence-corrected chi connectivity index (χ4v) is 2.49. The predicted molar refractivity (Wildman–Crippen MR) is 75.6 cm³/mol. The van der Waals surface area contributed by atoms with Gasteiger partial charge >= 0.3 is 0 Å². The summed E-state index contributed by atoms with van der Waals surface area (Å²) in [5.41, 5.74) is 0. The Balaban J connectivity index is 2.32. The summed E-state index contributed by atoms with van der Waals surface area (Å²) in [5.74, 6) is 0.149. The van der Waals surface area contributed by atoms with E-state index in [0.29, 0.717) is 6.04 Å². The first-order valence-electron chi connectivity index (χ1n) is 7.28. The van der Waals surface area contributed by atoms with E-state index in [1.165, 1.54) is 12.8 Å². The third-order valence-corrected chi connectivity index (χ3v) is 3.82. The number of carbonyl (C=O) groups excluding carboxylic acids is 1. The summed E-state index contributed by atoms with van der Waals surface area (Å²) in [5, 5.41) is 6.55. The Morgan fingerprint density at radius 2 is 2.22 bits per heavy atom. The fourth-order valence-electron chi connectivity index (χ4n) is 2.49. The van der Waals surface area contributed by atoms with Crippen LogP contribution >= 0.6 is 0 Å². The summed E-state index contributed by atoms with van der Waals surface area (Å²) in [6.45, 7) is 8.28. The Labute approximate surface area is 111 Å². The lowest BCUT2D eigenvalue weighted by atomic mass is 10.1. The maximum atomic E-state index is 12.1. The molecule has 1 aliphatic rings. The molecule has 0 aliphatic carbocycles. The predicted octanol–water partition coefficient (Wildman–Crippen LogP) is 1.36. The molecule has 3 unspecified atom stereocenters. The summed E-state index contributed by atoms with van der Waals surface area (Å²) in [6, 6.07) is 0.785. The van der Waals surface area contributed by atoms with Gasteiger partial charge in [0.2, 0.25) is 5.91 Å². The molecule has 0 aromatic rings. The van der Waals surface area contributed by atoms with Crippen molar-refractivity contribution in [2.75, 3.05) is 20.1 Å². The molecule has 106 valence electrons. The van der Waals surface area contributed by atoms with Crippen molar-refractivity contribution < 1.29 is 4.79 Å². The molecule has 1 fully saturated rings. The number of carbonyl (C=O) groups is 1. The average Bonchev–Trinajstić information content (AvgIpc) is 2.80. The van der Waals surface area contributed by atoms with Crippen molar-refractivity contribution in [2.24, 2.45) is 0 Å². The highest BCUT2D eigenvalue weighted by molar-refractivity contribution is 5.81. The molecule has 4 heteroatoms. The Hall–Kier alpha value is -0.610. The first-order valence-corrected chi connectivity index (χ1v) is 7.28. The maximum Gasteiger partial charge on any atom is 0.237 e. The van der Waals surface area contributed by atoms with Gasteiger partial charge in [-0.05, 0) is 46.7 Å². The highest BCUT2D eigenvalue weighted by Gasteiger charge is 2.23. The minimum atomic E-state index is -0.0493. The second kappa shape index (κ2) is 7.74. The van der Waals surface area contributed by atoms with Crippen LogP contribution < -0.4 is 10.6 Å². The first kappa shape index (κ1) is 15.4. The molecule has 0 bridgehead atoms. The molecule has 0 saturated carbocycles. The van der Waals surface area contributed by atoms with E-state index in [-0.39, 0.29) is 18.0 Å². The topological polar surface area (TPSA) is 44.4 Å². The minimum Gasteiger partial charge on any atom is -0.352 e. The molecule has 1 rings (SSSR count). The van der Waals surface area contributed by atoms with E-state index >= 15 is 0 Å². The van der Waals surface area contributed by atoms with Crippen molar-refractivity contribution in [3.8, 4) is 0 Å². The Morgan fingerprint density at radius 1 is 1.50 bits per heavy atom. The van der Waals surface area contributed by atoms with Crippen LogP contribution in [0.2, 0.25) is 0 Å². The smallest absolute Gasteiger partial charge is 0.237 e. The monoisotopic (exact) mass is 255 g/mol. The van der Waals surface area contributed by atoms with Crippen LogP contribution in [0.25, 0.3) is 0 Å². The SMILES string of the molecule is CCCC(C)NC(=O)C(C)N(C)CC1CCCN1. The van der Waals surface area contributed by atoms with Crippen LogP contribution in [-0.4, -0.2) is 49.1 Å². The number of rotatable bonds is 7. The van der Waals surface area contributed by atoms with Crippen LogP contribution in [-0.2, 0) is 4.79 Å². The Bertz CT molecular complexity index is 251. The highest BCUT2D eigenvalue weighted by Crippen LogP contribution is 2.08. The van der Waals surface area contributed by atoms with E-state index in [0.717, 1.165) is 25.9 Å². The third-order valence-electron chi connectivity index (χ3n) is 3.82. The van der Waals surface area contributed by atoms with Gasteiger partial charge in [-0.15, -0.1) is 0 Å². The molecule has 1 heterocycles. The van der Waals surface area contributed by atoms with Crippen LogP contribution in [0.15, 0.2) is 0 Å². The summed E-state index contributed by atoms with van der Waals surface area (Å²) < 4.78 is 0. The zero-order valence-corrected chi connectivity index (χ0v) is 12.3. The van der Waals surface area contributed by atoms with Crippen LogP contribution in [0.4, 0.5) is 0 Å². The van der Waals surface area contributed by atoms with Gasteiger partial charge in [-0.25, -0.2) is 0 Å². The van der Waals surface area contributed by atoms with Gasteiger partial charge in [0.25, 0.3) is 0 Å². The largest absolute Gasteiger partial charge is 0.352 e. The summed E-state index contributed by atoms with van der Waals surface area (Å²) in [4.78, 5) is 14.2. The standard InChI is InChI=1S/C14H29N3O/c1-5-7-11(2)16-14(18)12(3)17(4)10-13-8-6-9-15-13/h11-13,15H,5-10H2,1-4H3,(H,16,18). The van der Waals surface area contributed by atoms with Crippen LogP contribution in [0.3, 0.4) is 0 Å². The highest BCUT2D eigenvalue weighted by atomic mass is 16.2. The Morgan fingerprint density at radius 3 is 2.78 bits per heavy atom. The van der Waals surface area contributed by atoms with Crippen LogP contribution in [0.5, 0.6) is 0 Å². The minimum absolute atomic E-state index is 0.0493. The fraction of sp³-hybridized carbons (Fsp3) is 0.929. The molecule has 18 heavy (non-hydrogen) atoms. The summed E-state index contributed by atoms with van der Waals surface area (Å²) >= 11 is 0. The molecule has 1 saturated heterocycles. The molecule has 0 aromatic heterocycles. The van der Waals surface area contributed by atoms with Crippen LogP contribution in [0, 0.1) is 0 Å². The lowest BCUT2D eigenvalue weighted by Gasteiger charge is -2.27. The second-order valence-corrected chi connectivity index (χ2v) is 5.61. The molecule has 1 amide bonds. The van der Waals surface area contributed by atoms with E-state index in [2.05, 4.69) is 29.4 Å². The van der Waals surface area contributed by atoms with E-state index in [1.807, 2.05) is 14.0 Å². The quantitative estimate of drug-likeness (QED) is 0.722. The van der Waals surface area contributed by atoms with Crippen molar-refractivity contribution in [1.82, 2.24) is 15.5 Å². The summed E-state index contributed by atoms with van der Waals surface area (Å²) in [7, 11) is 2.04. The number of amides is 1. The van der Waals surface area contributed by atoms with Gasteiger partial charge in [0.1, 0.15) is 0 Å². The molecular formula is C14H29N3O. The maximum absolute atomic E-state index is 12.1. The number of likely N-dealkylation sites (N-methyl/N-ethyl adjacent to an activating group) is 1. The molecule has 4 nitrogen and oxygen atoms in total. The molecular weight excluding hydrogens is 226 g/mol. The van der Waals surface area contributed by atoms with Gasteiger partial charge in [0, 0.05) is 18.6 Å². The Kier molecular flexibility index (Phi) is 6.65. The number of nitrogens with one attached hydrogen (secondary N) is 2. The van der Waals surface area contributed by atoms with E-state index in [9.17, 15) is 4.79 Å². The van der Waals surface area contributed by atoms with Crippen molar-refractivity contribution in [3.05, 3.63) is 0 Å². The molecule has 0 spiro atoms. The number of hydrogen-bond acceptors (Lipinski definition) is 3. The van der Waals surface area contributed by atoms with Crippen molar-refractivity contribution in [2.45, 2.75) is 64.6 Å². The average molecular weight is 255 g/mol. The number of hydrogen-bond donors (Lipinski definition) is 2. The lowest BCUT2D eigenvalue weighted by molar-refractivity contribution is -0.126. The molecule has 2 N–H and O–H groups in total. The number of nitrogens with zero attached hydrogens (tertiary/aromatic N) is 1. The van der Waals surface area contributed by atoms with E-state index in [4.69, 9.17) is 0 Å². The zero-order valence-electron chi connectivity index (χ0n) is 12.3. The molecule has 0 aromatic carbocycles. The van der Waals surface area contributed by atoms with E-state index < -0.39 is 0 Å². The van der Waals surface area contributed by atoms with Crippen LogP contribution in [0.1, 0.15) is 46.5 Å². The second-order valence-electron chi connectivity index (χ2n) is 5.61.